The van der Waals surface area contributed by atoms with Gasteiger partial charge in [-0.15, -0.1) is 0 Å². The van der Waals surface area contributed by atoms with Crippen LogP contribution in [0.2, 0.25) is 0 Å². The van der Waals surface area contributed by atoms with E-state index in [0.29, 0.717) is 5.56 Å². The highest BCUT2D eigenvalue weighted by atomic mass is 16.4. The number of benzene rings is 1. The van der Waals surface area contributed by atoms with E-state index in [2.05, 4.69) is 5.32 Å². The third-order valence-electron chi connectivity index (χ3n) is 5.11. The first-order valence-electron chi connectivity index (χ1n) is 7.76. The number of fused-ring (bicyclic) bond motifs is 2. The molecule has 2 N–H and O–H groups in total. The van der Waals surface area contributed by atoms with Gasteiger partial charge in [0.2, 0.25) is 0 Å². The van der Waals surface area contributed by atoms with Gasteiger partial charge in [-0.05, 0) is 68.2 Å². The number of aromatic carboxylic acids is 1. The van der Waals surface area contributed by atoms with Crippen molar-refractivity contribution in [2.45, 2.75) is 32.1 Å². The van der Waals surface area contributed by atoms with Gasteiger partial charge in [0.05, 0.1) is 5.56 Å². The molecule has 3 atom stereocenters. The van der Waals surface area contributed by atoms with Crippen molar-refractivity contribution in [1.29, 1.82) is 0 Å². The fraction of sp³-hybridized carbons (Fsp3) is 0.588. The van der Waals surface area contributed by atoms with E-state index >= 15 is 0 Å². The zero-order valence-electron chi connectivity index (χ0n) is 11.8. The fourth-order valence-electron chi connectivity index (χ4n) is 4.08. The molecule has 3 nitrogen and oxygen atoms in total. The third kappa shape index (κ3) is 2.88. The Labute approximate surface area is 120 Å². The lowest BCUT2D eigenvalue weighted by atomic mass is 9.89. The molecule has 2 fully saturated rings. The van der Waals surface area contributed by atoms with Crippen molar-refractivity contribution in [2.75, 3.05) is 13.1 Å². The molecule has 2 bridgehead atoms. The molecule has 1 aromatic carbocycles. The Morgan fingerprint density at radius 2 is 2.10 bits per heavy atom. The zero-order chi connectivity index (χ0) is 13.9. The zero-order valence-corrected chi connectivity index (χ0v) is 11.8. The molecule has 0 spiro atoms. The van der Waals surface area contributed by atoms with E-state index in [1.165, 1.54) is 25.7 Å². The topological polar surface area (TPSA) is 49.3 Å². The lowest BCUT2D eigenvalue weighted by Crippen LogP contribution is -2.28. The van der Waals surface area contributed by atoms with Gasteiger partial charge in [-0.25, -0.2) is 4.79 Å². The van der Waals surface area contributed by atoms with Gasteiger partial charge >= 0.3 is 5.97 Å². The SMILES string of the molecule is O=C(O)c1ccccc1CCNCC1CC2CCC1C2. The molecule has 1 aromatic rings. The number of carboxylic acid groups (broad SMARTS) is 1. The van der Waals surface area contributed by atoms with Crippen LogP contribution in [0.25, 0.3) is 0 Å². The third-order valence-corrected chi connectivity index (χ3v) is 5.11. The monoisotopic (exact) mass is 273 g/mol. The van der Waals surface area contributed by atoms with Crippen molar-refractivity contribution < 1.29 is 9.90 Å². The number of carbonyl (C=O) groups is 1. The van der Waals surface area contributed by atoms with Crippen LogP contribution in [0.15, 0.2) is 24.3 Å². The van der Waals surface area contributed by atoms with Crippen LogP contribution in [0, 0.1) is 17.8 Å². The highest BCUT2D eigenvalue weighted by molar-refractivity contribution is 5.89. The summed E-state index contributed by atoms with van der Waals surface area (Å²) in [6, 6.07) is 7.31. The predicted octanol–water partition coefficient (Wildman–Crippen LogP) is 2.95. The van der Waals surface area contributed by atoms with Crippen LogP contribution >= 0.6 is 0 Å². The van der Waals surface area contributed by atoms with Crippen LogP contribution in [0.4, 0.5) is 0 Å². The molecule has 3 heteroatoms. The average Bonchev–Trinajstić information content (AvgIpc) is 3.06. The summed E-state index contributed by atoms with van der Waals surface area (Å²) in [6.07, 6.45) is 6.53. The van der Waals surface area contributed by atoms with Crippen molar-refractivity contribution in [1.82, 2.24) is 5.32 Å². The Bertz CT molecular complexity index is 486. The Morgan fingerprint density at radius 1 is 1.25 bits per heavy atom. The minimum absolute atomic E-state index is 0.439. The molecule has 0 heterocycles. The molecule has 3 unspecified atom stereocenters. The largest absolute Gasteiger partial charge is 0.478 e. The summed E-state index contributed by atoms with van der Waals surface area (Å²) in [5.41, 5.74) is 1.37. The first-order valence-corrected chi connectivity index (χ1v) is 7.76. The van der Waals surface area contributed by atoms with Crippen LogP contribution in [0.5, 0.6) is 0 Å². The molecule has 0 aliphatic heterocycles. The summed E-state index contributed by atoms with van der Waals surface area (Å²) in [5.74, 6) is 2.00. The Morgan fingerprint density at radius 3 is 2.80 bits per heavy atom. The highest BCUT2D eigenvalue weighted by Crippen LogP contribution is 2.47. The van der Waals surface area contributed by atoms with Crippen LogP contribution in [-0.4, -0.2) is 24.2 Å². The minimum Gasteiger partial charge on any atom is -0.478 e. The normalized spacial score (nSPS) is 27.9. The Hall–Kier alpha value is -1.35. The minimum atomic E-state index is -0.825. The van der Waals surface area contributed by atoms with Crippen molar-refractivity contribution in [3.63, 3.8) is 0 Å². The maximum atomic E-state index is 11.1. The van der Waals surface area contributed by atoms with E-state index in [1.54, 1.807) is 12.1 Å². The number of carboxylic acids is 1. The van der Waals surface area contributed by atoms with Crippen molar-refractivity contribution in [2.24, 2.45) is 17.8 Å². The molecule has 0 aromatic heterocycles. The average molecular weight is 273 g/mol. The molecule has 2 aliphatic rings. The summed E-state index contributed by atoms with van der Waals surface area (Å²) in [4.78, 5) is 11.1. The van der Waals surface area contributed by atoms with Gasteiger partial charge in [0, 0.05) is 0 Å². The Balaban J connectivity index is 1.45. The lowest BCUT2D eigenvalue weighted by molar-refractivity contribution is 0.0695. The highest BCUT2D eigenvalue weighted by Gasteiger charge is 2.38. The van der Waals surface area contributed by atoms with E-state index in [1.807, 2.05) is 12.1 Å². The van der Waals surface area contributed by atoms with Crippen molar-refractivity contribution in [3.05, 3.63) is 35.4 Å². The summed E-state index contributed by atoms with van der Waals surface area (Å²) in [7, 11) is 0. The maximum absolute atomic E-state index is 11.1. The number of hydrogen-bond acceptors (Lipinski definition) is 2. The van der Waals surface area contributed by atoms with Gasteiger partial charge in [0.25, 0.3) is 0 Å². The second kappa shape index (κ2) is 5.96. The van der Waals surface area contributed by atoms with Crippen LogP contribution < -0.4 is 5.32 Å². The second-order valence-electron chi connectivity index (χ2n) is 6.35. The summed E-state index contributed by atoms with van der Waals surface area (Å²) >= 11 is 0. The van der Waals surface area contributed by atoms with Crippen molar-refractivity contribution in [3.8, 4) is 0 Å². The molecule has 0 saturated heterocycles. The van der Waals surface area contributed by atoms with Crippen LogP contribution in [-0.2, 0) is 6.42 Å². The first kappa shape index (κ1) is 13.6. The summed E-state index contributed by atoms with van der Waals surface area (Å²) < 4.78 is 0. The summed E-state index contributed by atoms with van der Waals surface area (Å²) in [6.45, 7) is 1.98. The fourth-order valence-corrected chi connectivity index (χ4v) is 4.08. The number of hydrogen-bond donors (Lipinski definition) is 2. The molecule has 2 saturated carbocycles. The van der Waals surface area contributed by atoms with Gasteiger partial charge in [0.1, 0.15) is 0 Å². The van der Waals surface area contributed by atoms with Gasteiger partial charge in [-0.2, -0.15) is 0 Å². The quantitative estimate of drug-likeness (QED) is 0.783. The van der Waals surface area contributed by atoms with E-state index in [0.717, 1.165) is 42.8 Å². The molecule has 0 radical (unpaired) electrons. The molecule has 20 heavy (non-hydrogen) atoms. The Kier molecular flexibility index (Phi) is 4.06. The van der Waals surface area contributed by atoms with E-state index in [-0.39, 0.29) is 0 Å². The summed E-state index contributed by atoms with van der Waals surface area (Å²) in [5, 5.41) is 12.7. The second-order valence-corrected chi connectivity index (χ2v) is 6.35. The van der Waals surface area contributed by atoms with E-state index in [9.17, 15) is 4.79 Å². The molecular formula is C17H23NO2. The van der Waals surface area contributed by atoms with Crippen molar-refractivity contribution >= 4 is 5.97 Å². The smallest absolute Gasteiger partial charge is 0.335 e. The predicted molar refractivity (Wildman–Crippen MR) is 78.9 cm³/mol. The van der Waals surface area contributed by atoms with E-state index < -0.39 is 5.97 Å². The van der Waals surface area contributed by atoms with Gasteiger partial charge in [-0.3, -0.25) is 0 Å². The van der Waals surface area contributed by atoms with Gasteiger partial charge in [0.15, 0.2) is 0 Å². The lowest BCUT2D eigenvalue weighted by Gasteiger charge is -2.22. The van der Waals surface area contributed by atoms with Gasteiger partial charge < -0.3 is 10.4 Å². The standard InChI is InChI=1S/C17H23NO2/c19-17(20)16-4-2-1-3-13(16)7-8-18-11-15-10-12-5-6-14(15)9-12/h1-4,12,14-15,18H,5-11H2,(H,19,20). The molecule has 108 valence electrons. The van der Waals surface area contributed by atoms with Gasteiger partial charge in [-0.1, -0.05) is 24.6 Å². The van der Waals surface area contributed by atoms with Crippen LogP contribution in [0.1, 0.15) is 41.6 Å². The number of nitrogens with one attached hydrogen (secondary N) is 1. The number of rotatable bonds is 6. The van der Waals surface area contributed by atoms with E-state index in [4.69, 9.17) is 5.11 Å². The maximum Gasteiger partial charge on any atom is 0.335 e. The molecule has 0 amide bonds. The molecule has 2 aliphatic carbocycles. The molecular weight excluding hydrogens is 250 g/mol. The van der Waals surface area contributed by atoms with Crippen LogP contribution in [0.3, 0.4) is 0 Å². The first-order chi connectivity index (χ1) is 9.74. The molecule has 3 rings (SSSR count).